The molecule has 0 spiro atoms. The lowest BCUT2D eigenvalue weighted by Gasteiger charge is -2.31. The Morgan fingerprint density at radius 3 is 2.63 bits per heavy atom. The van der Waals surface area contributed by atoms with Crippen LogP contribution in [0.3, 0.4) is 0 Å². The monoisotopic (exact) mass is 484 g/mol. The lowest BCUT2D eigenvalue weighted by molar-refractivity contribution is 0.174. The zero-order chi connectivity index (χ0) is 20.7. The van der Waals surface area contributed by atoms with Gasteiger partial charge in [-0.15, -0.1) is 0 Å². The summed E-state index contributed by atoms with van der Waals surface area (Å²) in [4.78, 5) is 4.98. The Balaban J connectivity index is 1.56. The summed E-state index contributed by atoms with van der Waals surface area (Å²) in [7, 11) is 0. The van der Waals surface area contributed by atoms with Gasteiger partial charge in [0.2, 0.25) is 6.79 Å². The van der Waals surface area contributed by atoms with Gasteiger partial charge in [0.1, 0.15) is 11.9 Å². The van der Waals surface area contributed by atoms with Crippen LogP contribution < -0.4 is 14.8 Å². The van der Waals surface area contributed by atoms with Crippen LogP contribution in [0.4, 0.5) is 0 Å². The van der Waals surface area contributed by atoms with E-state index in [1.165, 1.54) is 0 Å². The number of hydrogen-bond acceptors (Lipinski definition) is 5. The first-order valence-electron chi connectivity index (χ1n) is 9.53. The zero-order valence-electron chi connectivity index (χ0n) is 15.8. The first-order valence-corrected chi connectivity index (χ1v) is 10.7. The van der Waals surface area contributed by atoms with Gasteiger partial charge >= 0.3 is 0 Å². The fourth-order valence-corrected chi connectivity index (χ4v) is 4.28. The molecule has 0 saturated heterocycles. The number of fused-ring (bicyclic) bond motifs is 1. The molecule has 5 rings (SSSR count). The van der Waals surface area contributed by atoms with Crippen LogP contribution in [0, 0.1) is 0 Å². The summed E-state index contributed by atoms with van der Waals surface area (Å²) in [5.74, 6) is 1.71. The minimum absolute atomic E-state index is 0.124. The summed E-state index contributed by atoms with van der Waals surface area (Å²) < 4.78 is 11.9. The maximum atomic E-state index is 10.5. The maximum absolute atomic E-state index is 10.5. The first kappa shape index (κ1) is 19.4. The molecule has 0 fully saturated rings. The van der Waals surface area contributed by atoms with Crippen molar-refractivity contribution in [2.24, 2.45) is 4.99 Å². The number of hydrogen-bond donors (Lipinski definition) is 2. The highest BCUT2D eigenvalue weighted by Gasteiger charge is 2.28. The fourth-order valence-electron chi connectivity index (χ4n) is 3.78. The third-order valence-electron chi connectivity index (χ3n) is 5.30. The molecule has 0 aliphatic carbocycles. The molecule has 0 radical (unpaired) electrons. The lowest BCUT2D eigenvalue weighted by atomic mass is 9.93. The van der Waals surface area contributed by atoms with Crippen molar-refractivity contribution in [3.8, 4) is 17.2 Å². The van der Waals surface area contributed by atoms with Crippen LogP contribution in [0.25, 0.3) is 0 Å². The van der Waals surface area contributed by atoms with E-state index in [2.05, 4.69) is 21.2 Å². The lowest BCUT2D eigenvalue weighted by Crippen LogP contribution is -2.33. The molecule has 3 aromatic carbocycles. The zero-order valence-corrected chi connectivity index (χ0v) is 18.2. The summed E-state index contributed by atoms with van der Waals surface area (Å²) >= 11 is 9.58. The van der Waals surface area contributed by atoms with E-state index in [1.54, 1.807) is 6.07 Å². The highest BCUT2D eigenvalue weighted by molar-refractivity contribution is 9.10. The predicted octanol–water partition coefficient (Wildman–Crippen LogP) is 5.76. The normalized spacial score (nSPS) is 20.1. The predicted molar refractivity (Wildman–Crippen MR) is 120 cm³/mol. The minimum Gasteiger partial charge on any atom is -0.508 e. The highest BCUT2D eigenvalue weighted by Crippen LogP contribution is 2.38. The molecule has 2 N–H and O–H groups in total. The molecule has 5 nitrogen and oxygen atoms in total. The molecular formula is C23H18BrClN2O3. The van der Waals surface area contributed by atoms with Crippen molar-refractivity contribution in [3.05, 3.63) is 86.8 Å². The van der Waals surface area contributed by atoms with Gasteiger partial charge in [0.15, 0.2) is 11.5 Å². The van der Waals surface area contributed by atoms with E-state index >= 15 is 0 Å². The van der Waals surface area contributed by atoms with Crippen molar-refractivity contribution >= 4 is 33.2 Å². The van der Waals surface area contributed by atoms with Crippen molar-refractivity contribution < 1.29 is 14.6 Å². The highest BCUT2D eigenvalue weighted by atomic mass is 79.9. The summed E-state index contributed by atoms with van der Waals surface area (Å²) in [6.07, 6.45) is 0.341. The van der Waals surface area contributed by atoms with Crippen molar-refractivity contribution in [2.45, 2.75) is 18.6 Å². The van der Waals surface area contributed by atoms with E-state index < -0.39 is 0 Å². The second-order valence-electron chi connectivity index (χ2n) is 7.22. The van der Waals surface area contributed by atoms with Gasteiger partial charge in [-0.2, -0.15) is 0 Å². The number of aromatic hydroxyl groups is 1. The molecule has 2 aliphatic rings. The molecule has 152 valence electrons. The molecule has 2 atom stereocenters. The third kappa shape index (κ3) is 3.78. The van der Waals surface area contributed by atoms with Crippen molar-refractivity contribution in [1.29, 1.82) is 0 Å². The summed E-state index contributed by atoms with van der Waals surface area (Å²) in [5.41, 5.74) is 3.71. The van der Waals surface area contributed by atoms with E-state index in [4.69, 9.17) is 26.1 Å². The van der Waals surface area contributed by atoms with Gasteiger partial charge in [0.05, 0.1) is 0 Å². The van der Waals surface area contributed by atoms with Crippen molar-refractivity contribution in [3.63, 3.8) is 0 Å². The maximum Gasteiger partial charge on any atom is 0.231 e. The van der Waals surface area contributed by atoms with Gasteiger partial charge in [0, 0.05) is 33.2 Å². The topological polar surface area (TPSA) is 63.1 Å². The number of ether oxygens (including phenoxy) is 2. The number of rotatable bonds is 3. The number of nitrogens with one attached hydrogen (secondary N) is 1. The molecule has 2 heterocycles. The molecule has 0 unspecified atom stereocenters. The molecule has 2 aliphatic heterocycles. The minimum atomic E-state index is -0.278. The largest absolute Gasteiger partial charge is 0.508 e. The van der Waals surface area contributed by atoms with E-state index in [-0.39, 0.29) is 24.8 Å². The molecule has 7 heteroatoms. The van der Waals surface area contributed by atoms with E-state index in [9.17, 15) is 5.11 Å². The van der Waals surface area contributed by atoms with E-state index in [0.29, 0.717) is 11.4 Å². The molecule has 0 amide bonds. The van der Waals surface area contributed by atoms with Gasteiger partial charge in [-0.25, -0.2) is 0 Å². The second kappa shape index (κ2) is 7.95. The number of phenolic OH excluding ortho intramolecular Hbond substituents is 1. The van der Waals surface area contributed by atoms with Crippen LogP contribution in [0.5, 0.6) is 17.2 Å². The van der Waals surface area contributed by atoms with Crippen molar-refractivity contribution in [1.82, 2.24) is 5.32 Å². The van der Waals surface area contributed by atoms with Crippen LogP contribution >= 0.6 is 27.5 Å². The molecule has 0 saturated carbocycles. The number of phenols is 1. The first-order chi connectivity index (χ1) is 14.6. The van der Waals surface area contributed by atoms with Crippen LogP contribution in [-0.4, -0.2) is 17.6 Å². The van der Waals surface area contributed by atoms with Crippen LogP contribution in [0.1, 0.15) is 35.3 Å². The smallest absolute Gasteiger partial charge is 0.231 e. The molecule has 30 heavy (non-hydrogen) atoms. The Labute approximate surface area is 187 Å². The van der Waals surface area contributed by atoms with Crippen LogP contribution in [0.2, 0.25) is 5.02 Å². The average molecular weight is 486 g/mol. The van der Waals surface area contributed by atoms with Crippen LogP contribution in [0.15, 0.2) is 70.1 Å². The number of halogens is 2. The van der Waals surface area contributed by atoms with Crippen LogP contribution in [-0.2, 0) is 0 Å². The van der Waals surface area contributed by atoms with Gasteiger partial charge in [-0.1, -0.05) is 39.7 Å². The molecule has 0 aromatic heterocycles. The Bertz CT molecular complexity index is 1130. The summed E-state index contributed by atoms with van der Waals surface area (Å²) in [6.45, 7) is 0.231. The molecule has 3 aromatic rings. The van der Waals surface area contributed by atoms with E-state index in [0.717, 1.165) is 38.4 Å². The van der Waals surface area contributed by atoms with Gasteiger partial charge in [-0.3, -0.25) is 10.3 Å². The SMILES string of the molecule is Oc1ccc(Br)cc1[C@@H]1CC(c2ccc3c(c2)OCO3)=N[C@@H](c2ccc(Cl)cc2)N1. The summed E-state index contributed by atoms with van der Waals surface area (Å²) in [6, 6.07) is 18.8. The number of nitrogens with zero attached hydrogens (tertiary/aromatic N) is 1. The van der Waals surface area contributed by atoms with Crippen molar-refractivity contribution in [2.75, 3.05) is 6.79 Å². The third-order valence-corrected chi connectivity index (χ3v) is 6.04. The standard InChI is InChI=1S/C23H18BrClN2O3/c24-15-4-7-20(28)17(10-15)19-11-18(14-3-8-21-22(9-14)30-12-29-21)26-23(27-19)13-1-5-16(25)6-2-13/h1-10,19,23,27-28H,11-12H2/t19-,23+/m0/s1. The van der Waals surface area contributed by atoms with Gasteiger partial charge in [0.25, 0.3) is 0 Å². The van der Waals surface area contributed by atoms with Gasteiger partial charge < -0.3 is 14.6 Å². The number of aliphatic imine (C=N–C) groups is 1. The fraction of sp³-hybridized carbons (Fsp3) is 0.174. The average Bonchev–Trinajstić information content (AvgIpc) is 3.23. The Kier molecular flexibility index (Phi) is 5.15. The Morgan fingerprint density at radius 2 is 1.80 bits per heavy atom. The Morgan fingerprint density at radius 1 is 1.00 bits per heavy atom. The molecule has 0 bridgehead atoms. The second-order valence-corrected chi connectivity index (χ2v) is 8.58. The van der Waals surface area contributed by atoms with E-state index in [1.807, 2.05) is 54.6 Å². The summed E-state index contributed by atoms with van der Waals surface area (Å²) in [5, 5.41) is 14.7. The van der Waals surface area contributed by atoms with Gasteiger partial charge in [-0.05, 0) is 59.7 Å². The number of benzene rings is 3. The Hall–Kier alpha value is -2.54. The molecular weight excluding hydrogens is 468 g/mol. The quantitative estimate of drug-likeness (QED) is 0.495.